The summed E-state index contributed by atoms with van der Waals surface area (Å²) < 4.78 is 5.23. The minimum Gasteiger partial charge on any atom is -0.497 e. The number of benzene rings is 2. The topological polar surface area (TPSA) is 64.1 Å². The fraction of sp³-hybridized carbons (Fsp3) is 0.125. The van der Waals surface area contributed by atoms with Crippen LogP contribution in [0, 0.1) is 0 Å². The van der Waals surface area contributed by atoms with Gasteiger partial charge in [-0.3, -0.25) is 9.78 Å². The van der Waals surface area contributed by atoms with Crippen molar-refractivity contribution in [1.82, 2.24) is 15.3 Å². The molecule has 0 atom stereocenters. The Hall–Kier alpha value is -3.73. The number of hydrogen-bond acceptors (Lipinski definition) is 4. The number of pyridine rings is 2. The molecule has 2 heterocycles. The zero-order valence-corrected chi connectivity index (χ0v) is 16.1. The lowest BCUT2D eigenvalue weighted by Gasteiger charge is -2.09. The number of carbonyl (C=O) groups is 1. The van der Waals surface area contributed by atoms with Crippen LogP contribution in [0.15, 0.2) is 79.1 Å². The summed E-state index contributed by atoms with van der Waals surface area (Å²) in [4.78, 5) is 21.6. The first-order chi connectivity index (χ1) is 14.2. The molecule has 0 saturated carbocycles. The zero-order chi connectivity index (χ0) is 20.1. The smallest absolute Gasteiger partial charge is 0.269 e. The first-order valence-corrected chi connectivity index (χ1v) is 9.46. The Balaban J connectivity index is 1.56. The number of nitrogens with zero attached hydrogens (tertiary/aromatic N) is 2. The van der Waals surface area contributed by atoms with Gasteiger partial charge in [-0.1, -0.05) is 42.5 Å². The average Bonchev–Trinajstić information content (AvgIpc) is 2.79. The second-order valence-electron chi connectivity index (χ2n) is 6.68. The van der Waals surface area contributed by atoms with Crippen molar-refractivity contribution in [2.45, 2.75) is 6.42 Å². The first kappa shape index (κ1) is 18.6. The Bertz CT molecular complexity index is 1130. The van der Waals surface area contributed by atoms with Crippen LogP contribution in [-0.2, 0) is 6.42 Å². The molecule has 0 unspecified atom stereocenters. The van der Waals surface area contributed by atoms with Crippen LogP contribution in [-0.4, -0.2) is 29.5 Å². The van der Waals surface area contributed by atoms with Gasteiger partial charge in [0.05, 0.1) is 12.6 Å². The number of ether oxygens (including phenoxy) is 1. The van der Waals surface area contributed by atoms with Gasteiger partial charge in [-0.25, -0.2) is 4.98 Å². The van der Waals surface area contributed by atoms with Gasteiger partial charge in [0.1, 0.15) is 11.4 Å². The molecule has 0 fully saturated rings. The summed E-state index contributed by atoms with van der Waals surface area (Å²) in [5.41, 5.74) is 4.18. The van der Waals surface area contributed by atoms with Crippen LogP contribution < -0.4 is 10.1 Å². The number of rotatable bonds is 6. The Morgan fingerprint density at radius 1 is 0.966 bits per heavy atom. The SMILES string of the molecule is COc1ccc(-c2cncc3ccc(C(=O)NCCc4ccccc4)nc23)cc1. The van der Waals surface area contributed by atoms with E-state index in [9.17, 15) is 4.79 Å². The number of fused-ring (bicyclic) bond motifs is 1. The highest BCUT2D eigenvalue weighted by Crippen LogP contribution is 2.28. The molecule has 29 heavy (non-hydrogen) atoms. The molecule has 5 heteroatoms. The molecule has 2 aromatic carbocycles. The van der Waals surface area contributed by atoms with E-state index in [0.717, 1.165) is 34.2 Å². The summed E-state index contributed by atoms with van der Waals surface area (Å²) in [6.07, 6.45) is 4.31. The van der Waals surface area contributed by atoms with Crippen molar-refractivity contribution in [1.29, 1.82) is 0 Å². The molecule has 144 valence electrons. The van der Waals surface area contributed by atoms with Gasteiger partial charge < -0.3 is 10.1 Å². The van der Waals surface area contributed by atoms with Crippen LogP contribution in [0.1, 0.15) is 16.1 Å². The second-order valence-corrected chi connectivity index (χ2v) is 6.68. The molecule has 1 amide bonds. The minimum atomic E-state index is -0.180. The van der Waals surface area contributed by atoms with E-state index >= 15 is 0 Å². The van der Waals surface area contributed by atoms with E-state index in [0.29, 0.717) is 12.2 Å². The molecule has 0 bridgehead atoms. The van der Waals surface area contributed by atoms with Crippen molar-refractivity contribution in [3.8, 4) is 16.9 Å². The number of hydrogen-bond donors (Lipinski definition) is 1. The molecule has 0 aliphatic carbocycles. The van der Waals surface area contributed by atoms with Crippen LogP contribution in [0.2, 0.25) is 0 Å². The lowest BCUT2D eigenvalue weighted by atomic mass is 10.0. The van der Waals surface area contributed by atoms with Crippen LogP contribution in [0.3, 0.4) is 0 Å². The molecular formula is C24H21N3O2. The predicted octanol–water partition coefficient (Wildman–Crippen LogP) is 4.28. The third-order valence-electron chi connectivity index (χ3n) is 4.77. The van der Waals surface area contributed by atoms with Crippen LogP contribution in [0.25, 0.3) is 22.0 Å². The van der Waals surface area contributed by atoms with Gasteiger partial charge in [-0.05, 0) is 41.8 Å². The molecule has 1 N–H and O–H groups in total. The summed E-state index contributed by atoms with van der Waals surface area (Å²) in [6.45, 7) is 0.560. The molecule has 0 saturated heterocycles. The van der Waals surface area contributed by atoms with Crippen LogP contribution >= 0.6 is 0 Å². The fourth-order valence-electron chi connectivity index (χ4n) is 3.21. The van der Waals surface area contributed by atoms with Crippen molar-refractivity contribution < 1.29 is 9.53 Å². The average molecular weight is 383 g/mol. The molecule has 5 nitrogen and oxygen atoms in total. The Morgan fingerprint density at radius 3 is 2.52 bits per heavy atom. The van der Waals surface area contributed by atoms with Gasteiger partial charge in [0.25, 0.3) is 5.91 Å². The summed E-state index contributed by atoms with van der Waals surface area (Å²) >= 11 is 0. The Kier molecular flexibility index (Phi) is 5.47. The van der Waals surface area contributed by atoms with E-state index in [1.165, 1.54) is 5.56 Å². The highest BCUT2D eigenvalue weighted by atomic mass is 16.5. The van der Waals surface area contributed by atoms with Gasteiger partial charge in [-0.15, -0.1) is 0 Å². The first-order valence-electron chi connectivity index (χ1n) is 9.46. The minimum absolute atomic E-state index is 0.180. The van der Waals surface area contributed by atoms with E-state index in [2.05, 4.69) is 27.4 Å². The van der Waals surface area contributed by atoms with Gasteiger partial charge in [0.2, 0.25) is 0 Å². The number of nitrogens with one attached hydrogen (secondary N) is 1. The lowest BCUT2D eigenvalue weighted by molar-refractivity contribution is 0.0949. The molecule has 4 aromatic rings. The summed E-state index contributed by atoms with van der Waals surface area (Å²) in [6, 6.07) is 21.4. The predicted molar refractivity (Wildman–Crippen MR) is 114 cm³/mol. The number of carbonyl (C=O) groups excluding carboxylic acids is 1. The van der Waals surface area contributed by atoms with Crippen LogP contribution in [0.5, 0.6) is 5.75 Å². The van der Waals surface area contributed by atoms with Gasteiger partial charge in [0.15, 0.2) is 0 Å². The second kappa shape index (κ2) is 8.52. The van der Waals surface area contributed by atoms with Gasteiger partial charge in [0, 0.05) is 29.9 Å². The third kappa shape index (κ3) is 4.24. The lowest BCUT2D eigenvalue weighted by Crippen LogP contribution is -2.26. The number of aromatic nitrogens is 2. The van der Waals surface area contributed by atoms with Crippen molar-refractivity contribution in [3.05, 3.63) is 90.4 Å². The molecule has 4 rings (SSSR count). The van der Waals surface area contributed by atoms with Crippen molar-refractivity contribution in [2.24, 2.45) is 0 Å². The molecule has 0 radical (unpaired) electrons. The number of amides is 1. The third-order valence-corrected chi connectivity index (χ3v) is 4.77. The summed E-state index contributed by atoms with van der Waals surface area (Å²) in [7, 11) is 1.64. The van der Waals surface area contributed by atoms with E-state index in [1.54, 1.807) is 25.6 Å². The maximum absolute atomic E-state index is 12.6. The standard InChI is InChI=1S/C24H21N3O2/c1-29-20-10-7-18(8-11-20)21-16-25-15-19-9-12-22(27-23(19)21)24(28)26-14-13-17-5-3-2-4-6-17/h2-12,15-16H,13-14H2,1H3,(H,26,28). The zero-order valence-electron chi connectivity index (χ0n) is 16.1. The largest absolute Gasteiger partial charge is 0.497 e. The van der Waals surface area contributed by atoms with E-state index in [4.69, 9.17) is 4.74 Å². The molecule has 0 aliphatic rings. The van der Waals surface area contributed by atoms with Crippen molar-refractivity contribution in [2.75, 3.05) is 13.7 Å². The van der Waals surface area contributed by atoms with Crippen molar-refractivity contribution in [3.63, 3.8) is 0 Å². The van der Waals surface area contributed by atoms with E-state index in [-0.39, 0.29) is 5.91 Å². The normalized spacial score (nSPS) is 10.7. The maximum atomic E-state index is 12.6. The van der Waals surface area contributed by atoms with Crippen molar-refractivity contribution >= 4 is 16.8 Å². The summed E-state index contributed by atoms with van der Waals surface area (Å²) in [5, 5.41) is 3.84. The Morgan fingerprint density at radius 2 is 1.76 bits per heavy atom. The van der Waals surface area contributed by atoms with Crippen LogP contribution in [0.4, 0.5) is 0 Å². The number of methoxy groups -OCH3 is 1. The highest BCUT2D eigenvalue weighted by Gasteiger charge is 2.11. The quantitative estimate of drug-likeness (QED) is 0.540. The maximum Gasteiger partial charge on any atom is 0.269 e. The van der Waals surface area contributed by atoms with E-state index < -0.39 is 0 Å². The summed E-state index contributed by atoms with van der Waals surface area (Å²) in [5.74, 6) is 0.605. The monoisotopic (exact) mass is 383 g/mol. The molecular weight excluding hydrogens is 362 g/mol. The highest BCUT2D eigenvalue weighted by molar-refractivity contribution is 5.98. The van der Waals surface area contributed by atoms with Gasteiger partial charge in [-0.2, -0.15) is 0 Å². The molecule has 0 aliphatic heterocycles. The fourth-order valence-corrected chi connectivity index (χ4v) is 3.21. The van der Waals surface area contributed by atoms with Gasteiger partial charge >= 0.3 is 0 Å². The Labute approximate surface area is 169 Å². The molecule has 2 aromatic heterocycles. The van der Waals surface area contributed by atoms with E-state index in [1.807, 2.05) is 48.5 Å². The molecule has 0 spiro atoms.